The van der Waals surface area contributed by atoms with Crippen LogP contribution in [0.1, 0.15) is 36.5 Å². The van der Waals surface area contributed by atoms with E-state index in [0.29, 0.717) is 5.92 Å². The molecule has 0 aliphatic carbocycles. The van der Waals surface area contributed by atoms with Crippen molar-refractivity contribution in [2.24, 2.45) is 10.1 Å². The van der Waals surface area contributed by atoms with Crippen LogP contribution in [-0.2, 0) is 0 Å². The molecule has 1 atom stereocenters. The first kappa shape index (κ1) is 13.6. The number of benzene rings is 2. The molecule has 3 nitrogen and oxygen atoms in total. The first-order valence-electron chi connectivity index (χ1n) is 7.21. The zero-order valence-corrected chi connectivity index (χ0v) is 12.4. The minimum Gasteiger partial charge on any atom is -0.266 e. The summed E-state index contributed by atoms with van der Waals surface area (Å²) in [6, 6.07) is 19.0. The largest absolute Gasteiger partial charge is 0.266 e. The number of fused-ring (bicyclic) bond motifs is 1. The molecule has 1 heterocycles. The molecule has 21 heavy (non-hydrogen) atoms. The Morgan fingerprint density at radius 2 is 1.76 bits per heavy atom. The molecule has 0 fully saturated rings. The number of nitrogens with one attached hydrogen (secondary N) is 1. The van der Waals surface area contributed by atoms with Gasteiger partial charge in [0.15, 0.2) is 0 Å². The third-order valence-electron chi connectivity index (χ3n) is 3.61. The fourth-order valence-electron chi connectivity index (χ4n) is 2.61. The monoisotopic (exact) mass is 277 g/mol. The van der Waals surface area contributed by atoms with Gasteiger partial charge in [-0.3, -0.25) is 10.4 Å². The first-order chi connectivity index (χ1) is 10.3. The van der Waals surface area contributed by atoms with E-state index in [-0.39, 0.29) is 0 Å². The summed E-state index contributed by atoms with van der Waals surface area (Å²) in [4.78, 5) is 4.70. The second kappa shape index (κ2) is 5.92. The van der Waals surface area contributed by atoms with Crippen molar-refractivity contribution in [3.8, 4) is 0 Å². The first-order valence-corrected chi connectivity index (χ1v) is 7.21. The Kier molecular flexibility index (Phi) is 3.82. The van der Waals surface area contributed by atoms with Crippen LogP contribution in [0.2, 0.25) is 0 Å². The minimum absolute atomic E-state index is 0.319. The Balaban J connectivity index is 1.99. The van der Waals surface area contributed by atoms with Crippen molar-refractivity contribution in [3.63, 3.8) is 0 Å². The van der Waals surface area contributed by atoms with E-state index in [2.05, 4.69) is 53.0 Å². The van der Waals surface area contributed by atoms with Crippen molar-refractivity contribution < 1.29 is 0 Å². The van der Waals surface area contributed by atoms with Crippen LogP contribution in [0.25, 0.3) is 0 Å². The van der Waals surface area contributed by atoms with Gasteiger partial charge in [0.1, 0.15) is 5.84 Å². The molecule has 3 heteroatoms. The predicted molar refractivity (Wildman–Crippen MR) is 88.0 cm³/mol. The number of amidine groups is 1. The van der Waals surface area contributed by atoms with Gasteiger partial charge in [0.05, 0.1) is 6.54 Å². The summed E-state index contributed by atoms with van der Waals surface area (Å²) >= 11 is 0. The quantitative estimate of drug-likeness (QED) is 0.661. The van der Waals surface area contributed by atoms with Crippen LogP contribution in [0.3, 0.4) is 0 Å². The highest BCUT2D eigenvalue weighted by Gasteiger charge is 2.23. The fourth-order valence-corrected chi connectivity index (χ4v) is 2.61. The molecule has 1 aliphatic rings. The van der Waals surface area contributed by atoms with Crippen LogP contribution in [0, 0.1) is 0 Å². The Bertz CT molecular complexity index is 683. The zero-order valence-electron chi connectivity index (χ0n) is 12.4. The second-order valence-electron chi connectivity index (χ2n) is 5.41. The van der Waals surface area contributed by atoms with E-state index in [1.165, 1.54) is 11.1 Å². The van der Waals surface area contributed by atoms with Crippen LogP contribution in [0.5, 0.6) is 0 Å². The lowest BCUT2D eigenvalue weighted by Gasteiger charge is -2.25. The van der Waals surface area contributed by atoms with Gasteiger partial charge in [-0.05, 0) is 25.0 Å². The summed E-state index contributed by atoms with van der Waals surface area (Å²) in [6.07, 6.45) is 0. The molecule has 2 aromatic rings. The summed E-state index contributed by atoms with van der Waals surface area (Å²) in [5.41, 5.74) is 7.83. The molecule has 1 N–H and O–H groups in total. The van der Waals surface area contributed by atoms with E-state index in [4.69, 9.17) is 4.99 Å². The van der Waals surface area contributed by atoms with Crippen molar-refractivity contribution in [2.45, 2.75) is 19.8 Å². The number of hydrogen-bond donors (Lipinski definition) is 1. The molecule has 0 radical (unpaired) electrons. The predicted octanol–water partition coefficient (Wildman–Crippen LogP) is 3.56. The fraction of sp³-hybridized carbons (Fsp3) is 0.222. The molecule has 2 aromatic carbocycles. The number of rotatable bonds is 2. The van der Waals surface area contributed by atoms with Gasteiger partial charge in [0, 0.05) is 17.2 Å². The van der Waals surface area contributed by atoms with Crippen LogP contribution in [0.15, 0.2) is 64.7 Å². The average molecular weight is 277 g/mol. The van der Waals surface area contributed by atoms with Crippen LogP contribution in [0.4, 0.5) is 0 Å². The second-order valence-corrected chi connectivity index (χ2v) is 5.41. The van der Waals surface area contributed by atoms with E-state index < -0.39 is 0 Å². The lowest BCUT2D eigenvalue weighted by atomic mass is 9.86. The van der Waals surface area contributed by atoms with E-state index in [0.717, 1.165) is 23.7 Å². The van der Waals surface area contributed by atoms with E-state index in [1.54, 1.807) is 0 Å². The average Bonchev–Trinajstić information content (AvgIpc) is 2.53. The zero-order chi connectivity index (χ0) is 14.7. The lowest BCUT2D eigenvalue weighted by molar-refractivity contribution is 0.789. The maximum absolute atomic E-state index is 4.70. The number of nitrogens with zero attached hydrogens (tertiary/aromatic N) is 2. The van der Waals surface area contributed by atoms with Crippen molar-refractivity contribution in [2.75, 3.05) is 6.54 Å². The van der Waals surface area contributed by atoms with Crippen LogP contribution in [-0.4, -0.2) is 18.1 Å². The molecule has 1 aliphatic heterocycles. The van der Waals surface area contributed by atoms with Gasteiger partial charge in [0.2, 0.25) is 0 Å². The van der Waals surface area contributed by atoms with E-state index in [9.17, 15) is 0 Å². The molecule has 106 valence electrons. The molecule has 3 rings (SSSR count). The van der Waals surface area contributed by atoms with Gasteiger partial charge in [0.25, 0.3) is 0 Å². The summed E-state index contributed by atoms with van der Waals surface area (Å²) in [6.45, 7) is 4.69. The van der Waals surface area contributed by atoms with Crippen LogP contribution >= 0.6 is 0 Å². The molecule has 0 bridgehead atoms. The van der Waals surface area contributed by atoms with Crippen molar-refractivity contribution >= 4 is 11.5 Å². The molecular weight excluding hydrogens is 258 g/mol. The third-order valence-corrected chi connectivity index (χ3v) is 3.61. The Morgan fingerprint density at radius 3 is 2.52 bits per heavy atom. The summed E-state index contributed by atoms with van der Waals surface area (Å²) in [5, 5.41) is 4.28. The molecule has 0 aromatic heterocycles. The van der Waals surface area contributed by atoms with Crippen LogP contribution < -0.4 is 5.43 Å². The number of hydrogen-bond acceptors (Lipinski definition) is 3. The minimum atomic E-state index is 0.319. The smallest absolute Gasteiger partial charge is 0.149 e. The van der Waals surface area contributed by atoms with Crippen molar-refractivity contribution in [3.05, 3.63) is 71.3 Å². The molecule has 0 saturated heterocycles. The van der Waals surface area contributed by atoms with Gasteiger partial charge < -0.3 is 0 Å². The third kappa shape index (κ3) is 2.87. The standard InChI is InChI=1S/C18H19N3/c1-13(2)20-21-18-16-11-7-6-10-15(16)17(12-19-18)14-8-4-3-5-9-14/h3-11,17H,12H2,1-2H3,(H,19,21). The molecule has 0 spiro atoms. The highest BCUT2D eigenvalue weighted by Crippen LogP contribution is 2.30. The maximum atomic E-state index is 4.70. The van der Waals surface area contributed by atoms with Gasteiger partial charge in [-0.15, -0.1) is 0 Å². The molecule has 0 amide bonds. The van der Waals surface area contributed by atoms with Crippen molar-refractivity contribution in [1.29, 1.82) is 0 Å². The molecule has 1 unspecified atom stereocenters. The number of hydrazone groups is 1. The van der Waals surface area contributed by atoms with Gasteiger partial charge in [-0.25, -0.2) is 0 Å². The Hall–Kier alpha value is -2.42. The van der Waals surface area contributed by atoms with Gasteiger partial charge >= 0.3 is 0 Å². The van der Waals surface area contributed by atoms with E-state index >= 15 is 0 Å². The lowest BCUT2D eigenvalue weighted by Crippen LogP contribution is -2.27. The summed E-state index contributed by atoms with van der Waals surface area (Å²) in [7, 11) is 0. The number of aliphatic imine (C=N–C) groups is 1. The molecular formula is C18H19N3. The van der Waals surface area contributed by atoms with E-state index in [1.807, 2.05) is 26.0 Å². The topological polar surface area (TPSA) is 36.8 Å². The summed E-state index contributed by atoms with van der Waals surface area (Å²) < 4.78 is 0. The highest BCUT2D eigenvalue weighted by atomic mass is 15.3. The van der Waals surface area contributed by atoms with Gasteiger partial charge in [-0.1, -0.05) is 54.6 Å². The Morgan fingerprint density at radius 1 is 1.05 bits per heavy atom. The summed E-state index contributed by atoms with van der Waals surface area (Å²) in [5.74, 6) is 1.18. The van der Waals surface area contributed by atoms with Gasteiger partial charge in [-0.2, -0.15) is 5.10 Å². The normalized spacial score (nSPS) is 16.7. The SMILES string of the molecule is CC(C)=NNC1=NCC(c2ccccc2)c2ccccc21. The Labute approximate surface area is 125 Å². The molecule has 0 saturated carbocycles. The maximum Gasteiger partial charge on any atom is 0.149 e. The highest BCUT2D eigenvalue weighted by molar-refractivity contribution is 6.01. The van der Waals surface area contributed by atoms with Crippen molar-refractivity contribution in [1.82, 2.24) is 5.43 Å².